The van der Waals surface area contributed by atoms with E-state index in [-0.39, 0.29) is 0 Å². The fourth-order valence-corrected chi connectivity index (χ4v) is 3.46. The van der Waals surface area contributed by atoms with Gasteiger partial charge in [0.15, 0.2) is 0 Å². The van der Waals surface area contributed by atoms with Crippen molar-refractivity contribution in [2.24, 2.45) is 0 Å². The highest BCUT2D eigenvalue weighted by Gasteiger charge is 2.07. The third kappa shape index (κ3) is 3.42. The molecule has 0 unspecified atom stereocenters. The summed E-state index contributed by atoms with van der Waals surface area (Å²) in [6, 6.07) is 13.6. The van der Waals surface area contributed by atoms with Crippen LogP contribution in [-0.2, 0) is 12.8 Å². The first-order valence-electron chi connectivity index (χ1n) is 7.01. The fraction of sp³-hybridized carbons (Fsp3) is 0.333. The van der Waals surface area contributed by atoms with Crippen molar-refractivity contribution < 1.29 is 0 Å². The largest absolute Gasteiger partial charge is 0.0895 e. The van der Waals surface area contributed by atoms with Crippen molar-refractivity contribution in [2.45, 2.75) is 50.3 Å². The van der Waals surface area contributed by atoms with Crippen LogP contribution in [0.25, 0.3) is 0 Å². The van der Waals surface area contributed by atoms with E-state index in [1.54, 1.807) is 0 Å². The molecule has 0 heterocycles. The van der Waals surface area contributed by atoms with E-state index in [1.807, 2.05) is 11.8 Å². The topological polar surface area (TPSA) is 0 Å². The van der Waals surface area contributed by atoms with Gasteiger partial charge < -0.3 is 0 Å². The molecule has 0 aliphatic rings. The van der Waals surface area contributed by atoms with Gasteiger partial charge >= 0.3 is 0 Å². The smallest absolute Gasteiger partial charge is 0.0154 e. The monoisotopic (exact) mass is 270 g/mol. The normalized spacial score (nSPS) is 10.7. The van der Waals surface area contributed by atoms with Gasteiger partial charge in [-0.1, -0.05) is 61.0 Å². The van der Waals surface area contributed by atoms with Crippen molar-refractivity contribution in [1.29, 1.82) is 0 Å². The van der Waals surface area contributed by atoms with Gasteiger partial charge in [0.05, 0.1) is 0 Å². The van der Waals surface area contributed by atoms with E-state index in [0.717, 1.165) is 12.8 Å². The molecule has 0 spiro atoms. The molecule has 2 aromatic rings. The highest BCUT2D eigenvalue weighted by molar-refractivity contribution is 7.99. The van der Waals surface area contributed by atoms with Crippen molar-refractivity contribution >= 4 is 11.8 Å². The van der Waals surface area contributed by atoms with Crippen molar-refractivity contribution in [3.63, 3.8) is 0 Å². The predicted molar refractivity (Wildman–Crippen MR) is 85.2 cm³/mol. The van der Waals surface area contributed by atoms with E-state index in [1.165, 1.54) is 32.0 Å². The fourth-order valence-electron chi connectivity index (χ4n) is 2.29. The summed E-state index contributed by atoms with van der Waals surface area (Å²) in [4.78, 5) is 2.79. The summed E-state index contributed by atoms with van der Waals surface area (Å²) >= 11 is 1.91. The van der Waals surface area contributed by atoms with Crippen molar-refractivity contribution in [3.8, 4) is 0 Å². The maximum atomic E-state index is 2.31. The molecule has 0 bridgehead atoms. The van der Waals surface area contributed by atoms with E-state index >= 15 is 0 Å². The lowest BCUT2D eigenvalue weighted by Crippen LogP contribution is -1.90. The van der Waals surface area contributed by atoms with Crippen molar-refractivity contribution in [1.82, 2.24) is 0 Å². The Kier molecular flexibility index (Phi) is 4.71. The molecule has 0 N–H and O–H groups in total. The Bertz CT molecular complexity index is 518. The summed E-state index contributed by atoms with van der Waals surface area (Å²) in [7, 11) is 0. The standard InChI is InChI=1S/C18H22S/c1-5-15-11-13(3)7-9-17(15)19-18-10-8-14(4)12-16(18)6-2/h7-12H,5-6H2,1-4H3. The molecule has 0 aromatic heterocycles. The van der Waals surface area contributed by atoms with Crippen molar-refractivity contribution in [3.05, 3.63) is 58.7 Å². The van der Waals surface area contributed by atoms with Gasteiger partial charge in [-0.2, -0.15) is 0 Å². The molecule has 0 saturated heterocycles. The minimum absolute atomic E-state index is 1.09. The average Bonchev–Trinajstić information content (AvgIpc) is 2.42. The number of benzene rings is 2. The molecule has 0 aliphatic heterocycles. The van der Waals surface area contributed by atoms with Gasteiger partial charge in [0.2, 0.25) is 0 Å². The van der Waals surface area contributed by atoms with Gasteiger partial charge in [-0.05, 0) is 49.9 Å². The Morgan fingerprint density at radius 2 is 1.16 bits per heavy atom. The number of rotatable bonds is 4. The molecule has 0 nitrogen and oxygen atoms in total. The van der Waals surface area contributed by atoms with Gasteiger partial charge in [0.1, 0.15) is 0 Å². The van der Waals surface area contributed by atoms with Gasteiger partial charge in [0, 0.05) is 9.79 Å². The summed E-state index contributed by atoms with van der Waals surface area (Å²) in [5.41, 5.74) is 5.60. The molecule has 0 aliphatic carbocycles. The average molecular weight is 270 g/mol. The summed E-state index contributed by atoms with van der Waals surface area (Å²) in [5.74, 6) is 0. The highest BCUT2D eigenvalue weighted by atomic mass is 32.2. The van der Waals surface area contributed by atoms with Crippen LogP contribution in [0.5, 0.6) is 0 Å². The lowest BCUT2D eigenvalue weighted by Gasteiger charge is -2.12. The van der Waals surface area contributed by atoms with E-state index in [4.69, 9.17) is 0 Å². The third-order valence-electron chi connectivity index (χ3n) is 3.41. The Morgan fingerprint density at radius 1 is 0.737 bits per heavy atom. The van der Waals surface area contributed by atoms with Crippen LogP contribution >= 0.6 is 11.8 Å². The quantitative estimate of drug-likeness (QED) is 0.699. The van der Waals surface area contributed by atoms with Crippen LogP contribution in [0.2, 0.25) is 0 Å². The van der Waals surface area contributed by atoms with Gasteiger partial charge in [-0.15, -0.1) is 0 Å². The summed E-state index contributed by atoms with van der Waals surface area (Å²) < 4.78 is 0. The third-order valence-corrected chi connectivity index (χ3v) is 4.65. The first-order chi connectivity index (χ1) is 9.13. The summed E-state index contributed by atoms with van der Waals surface area (Å²) in [6.45, 7) is 8.79. The van der Waals surface area contributed by atoms with E-state index in [9.17, 15) is 0 Å². The Hall–Kier alpha value is -1.21. The molecule has 0 saturated carbocycles. The molecule has 0 radical (unpaired) electrons. The van der Waals surface area contributed by atoms with Crippen LogP contribution in [-0.4, -0.2) is 0 Å². The SMILES string of the molecule is CCc1cc(C)ccc1Sc1ccc(C)cc1CC. The van der Waals surface area contributed by atoms with Gasteiger partial charge in [-0.25, -0.2) is 0 Å². The number of hydrogen-bond acceptors (Lipinski definition) is 1. The zero-order valence-electron chi connectivity index (χ0n) is 12.3. The maximum Gasteiger partial charge on any atom is 0.0154 e. The Balaban J connectivity index is 2.36. The Labute approximate surface area is 121 Å². The molecule has 1 heteroatoms. The summed E-state index contributed by atoms with van der Waals surface area (Å²) in [5, 5.41) is 0. The molecule has 0 amide bonds. The lowest BCUT2D eigenvalue weighted by atomic mass is 10.1. The molecule has 19 heavy (non-hydrogen) atoms. The molecular weight excluding hydrogens is 248 g/mol. The van der Waals surface area contributed by atoms with E-state index < -0.39 is 0 Å². The van der Waals surface area contributed by atoms with E-state index in [0.29, 0.717) is 0 Å². The number of aryl methyl sites for hydroxylation is 4. The first-order valence-corrected chi connectivity index (χ1v) is 7.82. The van der Waals surface area contributed by atoms with Crippen LogP contribution in [0.3, 0.4) is 0 Å². The first kappa shape index (κ1) is 14.2. The maximum absolute atomic E-state index is 2.31. The number of hydrogen-bond donors (Lipinski definition) is 0. The molecule has 0 fully saturated rings. The minimum Gasteiger partial charge on any atom is -0.0895 e. The van der Waals surface area contributed by atoms with Crippen LogP contribution in [0, 0.1) is 13.8 Å². The second kappa shape index (κ2) is 6.29. The molecule has 2 aromatic carbocycles. The van der Waals surface area contributed by atoms with Crippen molar-refractivity contribution in [2.75, 3.05) is 0 Å². The summed E-state index contributed by atoms with van der Waals surface area (Å²) in [6.07, 6.45) is 2.19. The molecule has 0 atom stereocenters. The Morgan fingerprint density at radius 3 is 1.53 bits per heavy atom. The molecule has 2 rings (SSSR count). The van der Waals surface area contributed by atoms with Crippen LogP contribution in [0.1, 0.15) is 36.1 Å². The minimum atomic E-state index is 1.09. The second-order valence-electron chi connectivity index (χ2n) is 5.03. The zero-order chi connectivity index (χ0) is 13.8. The molecular formula is C18H22S. The second-order valence-corrected chi connectivity index (χ2v) is 6.12. The zero-order valence-corrected chi connectivity index (χ0v) is 13.1. The van der Waals surface area contributed by atoms with Crippen LogP contribution in [0.4, 0.5) is 0 Å². The van der Waals surface area contributed by atoms with Gasteiger partial charge in [-0.3, -0.25) is 0 Å². The molecule has 100 valence electrons. The highest BCUT2D eigenvalue weighted by Crippen LogP contribution is 2.34. The predicted octanol–water partition coefficient (Wildman–Crippen LogP) is 5.58. The van der Waals surface area contributed by atoms with Crippen LogP contribution in [0.15, 0.2) is 46.2 Å². The van der Waals surface area contributed by atoms with Crippen LogP contribution < -0.4 is 0 Å². The van der Waals surface area contributed by atoms with Gasteiger partial charge in [0.25, 0.3) is 0 Å². The van der Waals surface area contributed by atoms with E-state index in [2.05, 4.69) is 64.1 Å². The lowest BCUT2D eigenvalue weighted by molar-refractivity contribution is 1.06.